The van der Waals surface area contributed by atoms with E-state index < -0.39 is 0 Å². The number of para-hydroxylation sites is 1. The van der Waals surface area contributed by atoms with Gasteiger partial charge >= 0.3 is 0 Å². The number of carbonyl (C=O) groups is 2. The van der Waals surface area contributed by atoms with Gasteiger partial charge in [-0.1, -0.05) is 25.1 Å². The third kappa shape index (κ3) is 3.90. The molecule has 2 aromatic rings. The van der Waals surface area contributed by atoms with Crippen LogP contribution >= 0.6 is 0 Å². The molecule has 2 atom stereocenters. The van der Waals surface area contributed by atoms with Crippen LogP contribution in [0.15, 0.2) is 36.5 Å². The smallest absolute Gasteiger partial charge is 0.227 e. The van der Waals surface area contributed by atoms with Crippen LogP contribution in [0.3, 0.4) is 0 Å². The number of amides is 2. The van der Waals surface area contributed by atoms with Crippen molar-refractivity contribution in [2.75, 3.05) is 10.6 Å². The SMILES string of the molecule is CCC(C)n1nccc1NC(=O)CCC1Cc2ccccc2NC1=O. The molecule has 1 aliphatic rings. The first-order chi connectivity index (χ1) is 12.1. The van der Waals surface area contributed by atoms with Crippen LogP contribution in [-0.2, 0) is 16.0 Å². The second-order valence-electron chi connectivity index (χ2n) is 6.55. The van der Waals surface area contributed by atoms with Gasteiger partial charge in [0, 0.05) is 24.1 Å². The van der Waals surface area contributed by atoms with Crippen molar-refractivity contribution in [1.82, 2.24) is 9.78 Å². The number of nitrogens with zero attached hydrogens (tertiary/aromatic N) is 2. The molecule has 1 aromatic carbocycles. The first kappa shape index (κ1) is 17.2. The van der Waals surface area contributed by atoms with E-state index in [1.165, 1.54) is 0 Å². The Hall–Kier alpha value is -2.63. The molecular formula is C19H24N4O2. The maximum absolute atomic E-state index is 12.3. The number of anilines is 2. The van der Waals surface area contributed by atoms with Crippen LogP contribution in [0, 0.1) is 5.92 Å². The second kappa shape index (κ2) is 7.51. The maximum atomic E-state index is 12.3. The van der Waals surface area contributed by atoms with Crippen molar-refractivity contribution in [3.63, 3.8) is 0 Å². The minimum Gasteiger partial charge on any atom is -0.326 e. The zero-order valence-electron chi connectivity index (χ0n) is 14.7. The Morgan fingerprint density at radius 1 is 1.40 bits per heavy atom. The minimum atomic E-state index is -0.167. The average molecular weight is 340 g/mol. The van der Waals surface area contributed by atoms with Gasteiger partial charge in [0.1, 0.15) is 5.82 Å². The standard InChI is InChI=1S/C19H24N4O2/c1-3-13(2)23-17(10-11-20-23)22-18(24)9-8-15-12-14-6-4-5-7-16(14)21-19(15)25/h4-7,10-11,13,15H,3,8-9,12H2,1-2H3,(H,21,25)(H,22,24). The third-order valence-electron chi connectivity index (χ3n) is 4.78. The molecule has 1 aromatic heterocycles. The zero-order chi connectivity index (χ0) is 17.8. The summed E-state index contributed by atoms with van der Waals surface area (Å²) in [5.41, 5.74) is 2.01. The fraction of sp³-hybridized carbons (Fsp3) is 0.421. The topological polar surface area (TPSA) is 76.0 Å². The normalized spacial score (nSPS) is 17.5. The molecule has 0 saturated heterocycles. The lowest BCUT2D eigenvalue weighted by molar-refractivity contribution is -0.121. The molecule has 0 bridgehead atoms. The molecule has 132 valence electrons. The van der Waals surface area contributed by atoms with Gasteiger partial charge in [0.2, 0.25) is 11.8 Å². The van der Waals surface area contributed by atoms with E-state index in [4.69, 9.17) is 0 Å². The Morgan fingerprint density at radius 2 is 2.20 bits per heavy atom. The van der Waals surface area contributed by atoms with Crippen LogP contribution in [0.1, 0.15) is 44.7 Å². The van der Waals surface area contributed by atoms with Crippen molar-refractivity contribution in [3.8, 4) is 0 Å². The predicted molar refractivity (Wildman–Crippen MR) is 97.4 cm³/mol. The molecule has 2 N–H and O–H groups in total. The molecule has 0 radical (unpaired) electrons. The molecule has 2 amide bonds. The van der Waals surface area contributed by atoms with E-state index in [2.05, 4.69) is 29.6 Å². The van der Waals surface area contributed by atoms with Crippen molar-refractivity contribution in [1.29, 1.82) is 0 Å². The molecule has 6 nitrogen and oxygen atoms in total. The highest BCUT2D eigenvalue weighted by Gasteiger charge is 2.26. The Kier molecular flexibility index (Phi) is 5.16. The zero-order valence-corrected chi connectivity index (χ0v) is 14.7. The Morgan fingerprint density at radius 3 is 3.00 bits per heavy atom. The largest absolute Gasteiger partial charge is 0.326 e. The summed E-state index contributed by atoms with van der Waals surface area (Å²) in [6.45, 7) is 4.14. The number of rotatable bonds is 6. The Bertz CT molecular complexity index is 768. The van der Waals surface area contributed by atoms with E-state index in [1.807, 2.05) is 28.9 Å². The van der Waals surface area contributed by atoms with E-state index in [9.17, 15) is 9.59 Å². The molecule has 0 fully saturated rings. The van der Waals surface area contributed by atoms with Crippen LogP contribution in [-0.4, -0.2) is 21.6 Å². The molecule has 2 unspecified atom stereocenters. The highest BCUT2D eigenvalue weighted by molar-refractivity contribution is 5.96. The first-order valence-electron chi connectivity index (χ1n) is 8.80. The average Bonchev–Trinajstić information content (AvgIpc) is 3.07. The summed E-state index contributed by atoms with van der Waals surface area (Å²) in [5.74, 6) is 0.450. The minimum absolute atomic E-state index is 0.00357. The van der Waals surface area contributed by atoms with Crippen molar-refractivity contribution in [2.45, 2.75) is 45.6 Å². The van der Waals surface area contributed by atoms with Gasteiger partial charge in [0.15, 0.2) is 0 Å². The summed E-state index contributed by atoms with van der Waals surface area (Å²) in [4.78, 5) is 24.5. The quantitative estimate of drug-likeness (QED) is 0.846. The number of fused-ring (bicyclic) bond motifs is 1. The summed E-state index contributed by atoms with van der Waals surface area (Å²) >= 11 is 0. The Balaban J connectivity index is 1.56. The van der Waals surface area contributed by atoms with E-state index >= 15 is 0 Å². The second-order valence-corrected chi connectivity index (χ2v) is 6.55. The summed E-state index contributed by atoms with van der Waals surface area (Å²) in [6, 6.07) is 9.83. The molecule has 0 saturated carbocycles. The molecule has 3 rings (SSSR count). The van der Waals surface area contributed by atoms with Crippen LogP contribution in [0.25, 0.3) is 0 Å². The third-order valence-corrected chi connectivity index (χ3v) is 4.78. The summed E-state index contributed by atoms with van der Waals surface area (Å²) in [7, 11) is 0. The Labute approximate surface area is 147 Å². The van der Waals surface area contributed by atoms with Crippen LogP contribution in [0.2, 0.25) is 0 Å². The first-order valence-corrected chi connectivity index (χ1v) is 8.80. The summed E-state index contributed by atoms with van der Waals surface area (Å²) in [5, 5.41) is 10.1. The molecule has 0 aliphatic carbocycles. The van der Waals surface area contributed by atoms with E-state index in [0.717, 1.165) is 17.7 Å². The van der Waals surface area contributed by atoms with E-state index in [1.54, 1.807) is 12.3 Å². The fourth-order valence-corrected chi connectivity index (χ4v) is 3.09. The lowest BCUT2D eigenvalue weighted by Gasteiger charge is -2.24. The van der Waals surface area contributed by atoms with Crippen LogP contribution < -0.4 is 10.6 Å². The van der Waals surface area contributed by atoms with Gasteiger partial charge in [0.25, 0.3) is 0 Å². The number of aromatic nitrogens is 2. The molecule has 1 aliphatic heterocycles. The lowest BCUT2D eigenvalue weighted by Crippen LogP contribution is -2.30. The number of benzene rings is 1. The highest BCUT2D eigenvalue weighted by atomic mass is 16.2. The van der Waals surface area contributed by atoms with Gasteiger partial charge in [-0.2, -0.15) is 5.10 Å². The summed E-state index contributed by atoms with van der Waals surface area (Å²) in [6.07, 6.45) is 4.15. The van der Waals surface area contributed by atoms with E-state index in [0.29, 0.717) is 25.1 Å². The molecule has 25 heavy (non-hydrogen) atoms. The fourth-order valence-electron chi connectivity index (χ4n) is 3.09. The molecule has 2 heterocycles. The molecule has 6 heteroatoms. The van der Waals surface area contributed by atoms with Gasteiger partial charge in [-0.15, -0.1) is 0 Å². The van der Waals surface area contributed by atoms with Gasteiger partial charge in [-0.25, -0.2) is 4.68 Å². The monoisotopic (exact) mass is 340 g/mol. The van der Waals surface area contributed by atoms with E-state index in [-0.39, 0.29) is 23.8 Å². The molecule has 0 spiro atoms. The van der Waals surface area contributed by atoms with Gasteiger partial charge in [-0.3, -0.25) is 9.59 Å². The van der Waals surface area contributed by atoms with Crippen molar-refractivity contribution < 1.29 is 9.59 Å². The van der Waals surface area contributed by atoms with Gasteiger partial charge < -0.3 is 10.6 Å². The van der Waals surface area contributed by atoms with Gasteiger partial charge in [-0.05, 0) is 37.8 Å². The van der Waals surface area contributed by atoms with Crippen molar-refractivity contribution in [3.05, 3.63) is 42.1 Å². The van der Waals surface area contributed by atoms with Crippen LogP contribution in [0.4, 0.5) is 11.5 Å². The summed E-state index contributed by atoms with van der Waals surface area (Å²) < 4.78 is 1.82. The number of carbonyl (C=O) groups excluding carboxylic acids is 2. The van der Waals surface area contributed by atoms with Crippen LogP contribution in [0.5, 0.6) is 0 Å². The molecular weight excluding hydrogens is 316 g/mol. The number of hydrogen-bond acceptors (Lipinski definition) is 3. The number of hydrogen-bond donors (Lipinski definition) is 2. The predicted octanol–water partition coefficient (Wildman–Crippen LogP) is 3.38. The van der Waals surface area contributed by atoms with Gasteiger partial charge in [0.05, 0.1) is 12.2 Å². The highest BCUT2D eigenvalue weighted by Crippen LogP contribution is 2.27. The lowest BCUT2D eigenvalue weighted by atomic mass is 9.89. The van der Waals surface area contributed by atoms with Crippen molar-refractivity contribution in [2.24, 2.45) is 5.92 Å². The van der Waals surface area contributed by atoms with Crippen molar-refractivity contribution >= 4 is 23.3 Å². The maximum Gasteiger partial charge on any atom is 0.227 e. The number of nitrogens with one attached hydrogen (secondary N) is 2.